The third kappa shape index (κ3) is 2.69. The van der Waals surface area contributed by atoms with Gasteiger partial charge in [-0.05, 0) is 62.8 Å². The van der Waals surface area contributed by atoms with Crippen molar-refractivity contribution in [3.05, 3.63) is 23.3 Å². The van der Waals surface area contributed by atoms with Crippen LogP contribution in [0.4, 0.5) is 5.69 Å². The van der Waals surface area contributed by atoms with E-state index in [1.165, 1.54) is 0 Å². The molecule has 1 fully saturated rings. The highest BCUT2D eigenvalue weighted by Crippen LogP contribution is 2.31. The average Bonchev–Trinajstić information content (AvgIpc) is 2.33. The Morgan fingerprint density at radius 3 is 2.50 bits per heavy atom. The number of nitrogens with zero attached hydrogens (tertiary/aromatic N) is 1. The molecule has 2 atom stereocenters. The summed E-state index contributed by atoms with van der Waals surface area (Å²) in [6, 6.07) is 3.45. The van der Waals surface area contributed by atoms with Gasteiger partial charge in [-0.3, -0.25) is 0 Å². The molecule has 20 heavy (non-hydrogen) atoms. The Morgan fingerprint density at radius 1 is 1.25 bits per heavy atom. The molecule has 1 saturated heterocycles. The van der Waals surface area contributed by atoms with Gasteiger partial charge in [0, 0.05) is 18.3 Å². The van der Waals surface area contributed by atoms with Crippen molar-refractivity contribution in [2.45, 2.75) is 51.5 Å². The summed E-state index contributed by atoms with van der Waals surface area (Å²) < 4.78 is 27.4. The first kappa shape index (κ1) is 15.3. The Bertz CT molecular complexity index is 611. The fourth-order valence-electron chi connectivity index (χ4n) is 2.99. The Morgan fingerprint density at radius 2 is 1.90 bits per heavy atom. The van der Waals surface area contributed by atoms with Crippen LogP contribution in [0.5, 0.6) is 0 Å². The second-order valence-electron chi connectivity index (χ2n) is 6.06. The van der Waals surface area contributed by atoms with Crippen LogP contribution in [0.1, 0.15) is 37.8 Å². The molecule has 0 spiro atoms. The molecule has 1 heterocycles. The first-order chi connectivity index (χ1) is 9.23. The van der Waals surface area contributed by atoms with Crippen LogP contribution in [0.2, 0.25) is 0 Å². The molecular weight excluding hydrogens is 272 g/mol. The van der Waals surface area contributed by atoms with Crippen LogP contribution in [0.25, 0.3) is 0 Å². The molecular formula is C15H24N2O2S. The predicted octanol–water partition coefficient (Wildman–Crippen LogP) is 2.69. The summed E-state index contributed by atoms with van der Waals surface area (Å²) in [6.07, 6.45) is 1.84. The van der Waals surface area contributed by atoms with Gasteiger partial charge in [0.15, 0.2) is 0 Å². The van der Waals surface area contributed by atoms with Crippen molar-refractivity contribution in [2.75, 3.05) is 12.3 Å². The minimum absolute atomic E-state index is 0.0462. The zero-order valence-electron chi connectivity index (χ0n) is 12.7. The maximum Gasteiger partial charge on any atom is 0.243 e. The molecule has 5 heteroatoms. The number of hydrogen-bond acceptors (Lipinski definition) is 3. The number of rotatable bonds is 2. The summed E-state index contributed by atoms with van der Waals surface area (Å²) in [6.45, 7) is 8.50. The summed E-state index contributed by atoms with van der Waals surface area (Å²) in [5, 5.41) is 0. The summed E-state index contributed by atoms with van der Waals surface area (Å²) in [5.41, 5.74) is 8.05. The zero-order valence-corrected chi connectivity index (χ0v) is 13.5. The van der Waals surface area contributed by atoms with Gasteiger partial charge in [-0.2, -0.15) is 4.31 Å². The first-order valence-corrected chi connectivity index (χ1v) is 8.56. The lowest BCUT2D eigenvalue weighted by Crippen LogP contribution is -2.44. The topological polar surface area (TPSA) is 63.4 Å². The normalized spacial score (nSPS) is 24.8. The molecule has 1 aromatic carbocycles. The van der Waals surface area contributed by atoms with Gasteiger partial charge in [0.05, 0.1) is 4.90 Å². The maximum atomic E-state index is 12.9. The Kier molecular flexibility index (Phi) is 4.12. The van der Waals surface area contributed by atoms with E-state index in [-0.39, 0.29) is 6.04 Å². The van der Waals surface area contributed by atoms with Crippen molar-refractivity contribution in [1.82, 2.24) is 4.31 Å². The van der Waals surface area contributed by atoms with E-state index in [4.69, 9.17) is 5.73 Å². The highest BCUT2D eigenvalue weighted by molar-refractivity contribution is 7.89. The predicted molar refractivity (Wildman–Crippen MR) is 82.1 cm³/mol. The van der Waals surface area contributed by atoms with Gasteiger partial charge in [0.25, 0.3) is 0 Å². The zero-order chi connectivity index (χ0) is 15.1. The molecule has 0 saturated carbocycles. The molecule has 0 aromatic heterocycles. The molecule has 4 nitrogen and oxygen atoms in total. The molecule has 0 bridgehead atoms. The van der Waals surface area contributed by atoms with Gasteiger partial charge in [-0.1, -0.05) is 6.92 Å². The Labute approximate surface area is 122 Å². The Hall–Kier alpha value is -1.07. The summed E-state index contributed by atoms with van der Waals surface area (Å²) in [5.74, 6) is 0.583. The van der Waals surface area contributed by atoms with E-state index in [9.17, 15) is 8.42 Å². The van der Waals surface area contributed by atoms with E-state index in [0.717, 1.165) is 24.0 Å². The van der Waals surface area contributed by atoms with E-state index in [1.807, 2.05) is 26.8 Å². The first-order valence-electron chi connectivity index (χ1n) is 7.12. The number of sulfonamides is 1. The second-order valence-corrected chi connectivity index (χ2v) is 7.91. The van der Waals surface area contributed by atoms with Crippen molar-refractivity contribution in [3.63, 3.8) is 0 Å². The van der Waals surface area contributed by atoms with E-state index in [2.05, 4.69) is 6.92 Å². The molecule has 2 rings (SSSR count). The van der Waals surface area contributed by atoms with Crippen molar-refractivity contribution in [2.24, 2.45) is 5.92 Å². The van der Waals surface area contributed by atoms with Crippen LogP contribution in [-0.2, 0) is 10.0 Å². The van der Waals surface area contributed by atoms with Gasteiger partial charge in [0.2, 0.25) is 10.0 Å². The van der Waals surface area contributed by atoms with Crippen LogP contribution in [0, 0.1) is 19.8 Å². The number of nitrogen functional groups attached to an aromatic ring is 1. The van der Waals surface area contributed by atoms with Gasteiger partial charge < -0.3 is 5.73 Å². The molecule has 1 aliphatic heterocycles. The summed E-state index contributed by atoms with van der Waals surface area (Å²) in [7, 11) is -3.46. The quantitative estimate of drug-likeness (QED) is 0.853. The number of piperidine rings is 1. The number of benzene rings is 1. The van der Waals surface area contributed by atoms with Gasteiger partial charge in [-0.15, -0.1) is 0 Å². The van der Waals surface area contributed by atoms with Crippen LogP contribution in [-0.4, -0.2) is 25.3 Å². The van der Waals surface area contributed by atoms with Crippen molar-refractivity contribution >= 4 is 15.7 Å². The van der Waals surface area contributed by atoms with Crippen molar-refractivity contribution in [3.8, 4) is 0 Å². The molecule has 0 amide bonds. The summed E-state index contributed by atoms with van der Waals surface area (Å²) >= 11 is 0. The van der Waals surface area contributed by atoms with E-state index in [0.29, 0.717) is 23.0 Å². The van der Waals surface area contributed by atoms with Crippen LogP contribution in [0.15, 0.2) is 17.0 Å². The molecule has 1 aliphatic rings. The fraction of sp³-hybridized carbons (Fsp3) is 0.600. The smallest absolute Gasteiger partial charge is 0.243 e. The van der Waals surface area contributed by atoms with E-state index < -0.39 is 10.0 Å². The van der Waals surface area contributed by atoms with Gasteiger partial charge in [-0.25, -0.2) is 8.42 Å². The van der Waals surface area contributed by atoms with Crippen molar-refractivity contribution < 1.29 is 8.42 Å². The lowest BCUT2D eigenvalue weighted by atomic mass is 9.95. The van der Waals surface area contributed by atoms with Crippen molar-refractivity contribution in [1.29, 1.82) is 0 Å². The largest absolute Gasteiger partial charge is 0.399 e. The second kappa shape index (κ2) is 5.37. The number of anilines is 1. The summed E-state index contributed by atoms with van der Waals surface area (Å²) in [4.78, 5) is 0.358. The highest BCUT2D eigenvalue weighted by atomic mass is 32.2. The molecule has 0 radical (unpaired) electrons. The molecule has 0 aliphatic carbocycles. The SMILES string of the molecule is Cc1cc(N)cc(S(=O)(=O)N2CCC(C)CC2C)c1C. The average molecular weight is 296 g/mol. The third-order valence-electron chi connectivity index (χ3n) is 4.31. The van der Waals surface area contributed by atoms with Crippen LogP contribution < -0.4 is 5.73 Å². The molecule has 112 valence electrons. The maximum absolute atomic E-state index is 12.9. The van der Waals surface area contributed by atoms with E-state index >= 15 is 0 Å². The lowest BCUT2D eigenvalue weighted by molar-refractivity contribution is 0.220. The standard InChI is InChI=1S/C15H24N2O2S/c1-10-5-6-17(12(3)7-10)20(18,19)15-9-14(16)8-11(2)13(15)4/h8-10,12H,5-7,16H2,1-4H3. The minimum Gasteiger partial charge on any atom is -0.399 e. The Balaban J connectivity index is 2.46. The molecule has 1 aromatic rings. The number of aryl methyl sites for hydroxylation is 1. The molecule has 2 unspecified atom stereocenters. The van der Waals surface area contributed by atoms with Crippen LogP contribution >= 0.6 is 0 Å². The third-order valence-corrected chi connectivity index (χ3v) is 6.45. The minimum atomic E-state index is -3.46. The van der Waals surface area contributed by atoms with Gasteiger partial charge in [0.1, 0.15) is 0 Å². The van der Waals surface area contributed by atoms with E-state index in [1.54, 1.807) is 10.4 Å². The van der Waals surface area contributed by atoms with Gasteiger partial charge >= 0.3 is 0 Å². The monoisotopic (exact) mass is 296 g/mol. The molecule has 2 N–H and O–H groups in total. The van der Waals surface area contributed by atoms with Crippen LogP contribution in [0.3, 0.4) is 0 Å². The highest BCUT2D eigenvalue weighted by Gasteiger charge is 2.34. The fourth-order valence-corrected chi connectivity index (χ4v) is 4.98. The number of nitrogens with two attached hydrogens (primary N) is 1. The lowest BCUT2D eigenvalue weighted by Gasteiger charge is -2.35. The number of hydrogen-bond donors (Lipinski definition) is 1.